The molecule has 1 aliphatic heterocycles. The Morgan fingerprint density at radius 2 is 0.954 bits per heavy atom. The number of benzene rings is 10. The number of nitrogens with zero attached hydrogens (tertiary/aromatic N) is 1. The van der Waals surface area contributed by atoms with E-state index >= 15 is 0 Å². The van der Waals surface area contributed by atoms with Gasteiger partial charge in [0.05, 0.1) is 16.8 Å². The highest BCUT2D eigenvalue weighted by Crippen LogP contribution is 2.64. The SMILES string of the molecule is c1ccc(-c2cccc(-c3c(N(c4ccc5oc6ccccc6c5c4)c4cccc5c4oc4ccccc45)ccc4c3Oc3ccccc3C43c4ccccc4-c4ccccc43)c2)cc1. The van der Waals surface area contributed by atoms with E-state index in [9.17, 15) is 0 Å². The summed E-state index contributed by atoms with van der Waals surface area (Å²) >= 11 is 0. The van der Waals surface area contributed by atoms with Crippen molar-refractivity contribution in [1.29, 1.82) is 0 Å². The van der Waals surface area contributed by atoms with Gasteiger partial charge in [-0.15, -0.1) is 0 Å². The monoisotopic (exact) mass is 831 g/mol. The molecule has 3 heterocycles. The molecule has 1 spiro atoms. The Balaban J connectivity index is 1.13. The molecule has 0 fully saturated rings. The van der Waals surface area contributed by atoms with Crippen molar-refractivity contribution in [2.24, 2.45) is 0 Å². The number of fused-ring (bicyclic) bond motifs is 15. The smallest absolute Gasteiger partial charge is 0.159 e. The number of furan rings is 2. The van der Waals surface area contributed by atoms with E-state index in [2.05, 4.69) is 211 Å². The van der Waals surface area contributed by atoms with E-state index in [4.69, 9.17) is 13.6 Å². The number of para-hydroxylation sites is 4. The highest BCUT2D eigenvalue weighted by Gasteiger charge is 2.52. The molecule has 1 aliphatic carbocycles. The van der Waals surface area contributed by atoms with Crippen molar-refractivity contribution in [2.75, 3.05) is 4.90 Å². The summed E-state index contributed by atoms with van der Waals surface area (Å²) in [7, 11) is 0. The fourth-order valence-corrected chi connectivity index (χ4v) is 11.0. The molecule has 0 amide bonds. The Kier molecular flexibility index (Phi) is 7.57. The summed E-state index contributed by atoms with van der Waals surface area (Å²) in [6.07, 6.45) is 0. The van der Waals surface area contributed by atoms with E-state index in [1.54, 1.807) is 0 Å². The lowest BCUT2D eigenvalue weighted by Gasteiger charge is -2.41. The fourth-order valence-electron chi connectivity index (χ4n) is 11.0. The minimum absolute atomic E-state index is 0.653. The van der Waals surface area contributed by atoms with E-state index in [0.29, 0.717) is 0 Å². The maximum atomic E-state index is 7.47. The molecule has 0 atom stereocenters. The lowest BCUT2D eigenvalue weighted by molar-refractivity contribution is 0.438. The van der Waals surface area contributed by atoms with Crippen LogP contribution in [0.5, 0.6) is 11.5 Å². The van der Waals surface area contributed by atoms with Crippen LogP contribution in [-0.4, -0.2) is 0 Å². The zero-order valence-electron chi connectivity index (χ0n) is 35.0. The highest BCUT2D eigenvalue weighted by atomic mass is 16.5. The Morgan fingerprint density at radius 1 is 0.354 bits per heavy atom. The van der Waals surface area contributed by atoms with Gasteiger partial charge in [-0.1, -0.05) is 170 Å². The van der Waals surface area contributed by atoms with Gasteiger partial charge >= 0.3 is 0 Å². The van der Waals surface area contributed by atoms with Crippen LogP contribution in [0.2, 0.25) is 0 Å². The molecule has 12 aromatic rings. The van der Waals surface area contributed by atoms with Gasteiger partial charge in [0.25, 0.3) is 0 Å². The molecule has 0 saturated heterocycles. The third-order valence-corrected chi connectivity index (χ3v) is 13.7. The van der Waals surface area contributed by atoms with Crippen LogP contribution in [0, 0.1) is 0 Å². The largest absolute Gasteiger partial charge is 0.456 e. The van der Waals surface area contributed by atoms with Gasteiger partial charge < -0.3 is 18.5 Å². The van der Waals surface area contributed by atoms with Crippen molar-refractivity contribution in [3.63, 3.8) is 0 Å². The van der Waals surface area contributed by atoms with Crippen LogP contribution in [0.4, 0.5) is 17.1 Å². The normalized spacial score (nSPS) is 13.2. The first-order valence-corrected chi connectivity index (χ1v) is 22.2. The van der Waals surface area contributed by atoms with Gasteiger partial charge in [-0.2, -0.15) is 0 Å². The number of ether oxygens (including phenoxy) is 1. The molecule has 14 rings (SSSR count). The molecule has 0 N–H and O–H groups in total. The minimum atomic E-state index is -0.653. The summed E-state index contributed by atoms with van der Waals surface area (Å²) in [6.45, 7) is 0. The Hall–Kier alpha value is -8.60. The second-order valence-electron chi connectivity index (χ2n) is 17.1. The van der Waals surface area contributed by atoms with Crippen molar-refractivity contribution in [3.8, 4) is 44.9 Å². The van der Waals surface area contributed by atoms with Crippen molar-refractivity contribution in [3.05, 3.63) is 247 Å². The van der Waals surface area contributed by atoms with Gasteiger partial charge in [0, 0.05) is 43.9 Å². The summed E-state index contributed by atoms with van der Waals surface area (Å²) in [5.74, 6) is 1.65. The summed E-state index contributed by atoms with van der Waals surface area (Å²) in [4.78, 5) is 2.36. The van der Waals surface area contributed by atoms with Crippen LogP contribution < -0.4 is 9.64 Å². The molecule has 10 aromatic carbocycles. The molecule has 0 unspecified atom stereocenters. The van der Waals surface area contributed by atoms with Crippen LogP contribution in [-0.2, 0) is 5.41 Å². The summed E-state index contributed by atoms with van der Waals surface area (Å²) in [6, 6.07) is 80.1. The van der Waals surface area contributed by atoms with Crippen LogP contribution in [0.15, 0.2) is 233 Å². The van der Waals surface area contributed by atoms with Crippen molar-refractivity contribution < 1.29 is 13.6 Å². The van der Waals surface area contributed by atoms with Crippen molar-refractivity contribution in [1.82, 2.24) is 0 Å². The molecule has 0 saturated carbocycles. The van der Waals surface area contributed by atoms with Gasteiger partial charge in [-0.3, -0.25) is 0 Å². The third kappa shape index (κ3) is 5.08. The van der Waals surface area contributed by atoms with Crippen LogP contribution >= 0.6 is 0 Å². The van der Waals surface area contributed by atoms with E-state index in [1.165, 1.54) is 22.3 Å². The zero-order valence-corrected chi connectivity index (χ0v) is 35.0. The molecule has 2 aliphatic rings. The molecular weight excluding hydrogens is 795 g/mol. The predicted octanol–water partition coefficient (Wildman–Crippen LogP) is 16.8. The average molecular weight is 832 g/mol. The first-order chi connectivity index (χ1) is 32.2. The van der Waals surface area contributed by atoms with Crippen molar-refractivity contribution >= 4 is 60.9 Å². The topological polar surface area (TPSA) is 38.8 Å². The van der Waals surface area contributed by atoms with E-state index in [0.717, 1.165) is 106 Å². The maximum absolute atomic E-state index is 7.47. The molecule has 2 aromatic heterocycles. The second kappa shape index (κ2) is 13.7. The lowest BCUT2D eigenvalue weighted by atomic mass is 9.65. The summed E-state index contributed by atoms with van der Waals surface area (Å²) in [5.41, 5.74) is 16.9. The van der Waals surface area contributed by atoms with E-state index in [1.807, 2.05) is 18.2 Å². The lowest BCUT2D eigenvalue weighted by Crippen LogP contribution is -2.32. The number of rotatable bonds is 5. The summed E-state index contributed by atoms with van der Waals surface area (Å²) < 4.78 is 20.8. The number of hydrogen-bond acceptors (Lipinski definition) is 4. The molecule has 0 radical (unpaired) electrons. The standard InChI is InChI=1S/C61H37NO3/c1-2-16-38(17-3-1)39-18-14-19-40(36-39)58-52(34-33-51-60(58)65-57-31-13-10-27-50(57)61(51)48-25-8-4-20-42(48)43-21-5-9-26-49(43)61)62(41-32-35-56-47(37-41)45-23-7-11-29-54(45)63-56)53-28-15-24-46-44-22-6-12-30-55(44)64-59(46)53/h1-37H. The van der Waals surface area contributed by atoms with Crippen LogP contribution in [0.1, 0.15) is 22.3 Å². The molecular formula is C61H37NO3. The second-order valence-corrected chi connectivity index (χ2v) is 17.1. The Labute approximate surface area is 374 Å². The number of hydrogen-bond donors (Lipinski definition) is 0. The van der Waals surface area contributed by atoms with Gasteiger partial charge in [0.15, 0.2) is 5.58 Å². The Bertz CT molecular complexity index is 3850. The van der Waals surface area contributed by atoms with E-state index in [-0.39, 0.29) is 0 Å². The van der Waals surface area contributed by atoms with Crippen molar-refractivity contribution in [2.45, 2.75) is 5.41 Å². The molecule has 4 nitrogen and oxygen atoms in total. The van der Waals surface area contributed by atoms with Crippen LogP contribution in [0.3, 0.4) is 0 Å². The molecule has 304 valence electrons. The maximum Gasteiger partial charge on any atom is 0.159 e. The Morgan fingerprint density at radius 3 is 1.75 bits per heavy atom. The predicted molar refractivity (Wildman–Crippen MR) is 264 cm³/mol. The summed E-state index contributed by atoms with van der Waals surface area (Å²) in [5, 5.41) is 4.22. The molecule has 65 heavy (non-hydrogen) atoms. The van der Waals surface area contributed by atoms with Gasteiger partial charge in [0.2, 0.25) is 0 Å². The zero-order chi connectivity index (χ0) is 42.6. The number of anilines is 3. The van der Waals surface area contributed by atoms with Gasteiger partial charge in [-0.05, 0) is 93.5 Å². The minimum Gasteiger partial charge on any atom is -0.456 e. The van der Waals surface area contributed by atoms with E-state index < -0.39 is 5.41 Å². The first kappa shape index (κ1) is 35.9. The first-order valence-electron chi connectivity index (χ1n) is 22.2. The fraction of sp³-hybridized carbons (Fsp3) is 0.0164. The molecule has 4 heteroatoms. The highest BCUT2D eigenvalue weighted by molar-refractivity contribution is 6.12. The quantitative estimate of drug-likeness (QED) is 0.173. The molecule has 0 bridgehead atoms. The third-order valence-electron chi connectivity index (χ3n) is 13.7. The van der Waals surface area contributed by atoms with Gasteiger partial charge in [0.1, 0.15) is 28.2 Å². The van der Waals surface area contributed by atoms with Crippen LogP contribution in [0.25, 0.3) is 77.3 Å². The van der Waals surface area contributed by atoms with Gasteiger partial charge in [-0.25, -0.2) is 0 Å². The average Bonchev–Trinajstić information content (AvgIpc) is 4.03.